The van der Waals surface area contributed by atoms with Crippen molar-refractivity contribution in [3.8, 4) is 17.3 Å². The van der Waals surface area contributed by atoms with Gasteiger partial charge in [-0.2, -0.15) is 0 Å². The van der Waals surface area contributed by atoms with E-state index in [2.05, 4.69) is 21.9 Å². The van der Waals surface area contributed by atoms with Crippen molar-refractivity contribution < 1.29 is 10.2 Å². The molecule has 2 atom stereocenters. The van der Waals surface area contributed by atoms with Crippen molar-refractivity contribution >= 4 is 0 Å². The van der Waals surface area contributed by atoms with E-state index < -0.39 is 6.10 Å². The summed E-state index contributed by atoms with van der Waals surface area (Å²) in [6.45, 7) is 4.10. The van der Waals surface area contributed by atoms with E-state index in [0.717, 1.165) is 42.2 Å². The van der Waals surface area contributed by atoms with Gasteiger partial charge in [-0.15, -0.1) is 0 Å². The van der Waals surface area contributed by atoms with E-state index in [1.165, 1.54) is 0 Å². The number of nitrogens with zero attached hydrogens (tertiary/aromatic N) is 3. The standard InChI is InChI=1S/C19H24N4O2/c1-3-4-5-17-21-12-16(22-17)19-20-10-11-23(19)13(2)18(25)14-6-8-15(24)9-7-14/h6-13,18,24-25H,3-5H2,1-2H3,(H,21,22)/t13-,18-/m1/s1. The van der Waals surface area contributed by atoms with Crippen LogP contribution in [0.1, 0.15) is 50.2 Å². The van der Waals surface area contributed by atoms with Crippen molar-refractivity contribution in [2.45, 2.75) is 45.3 Å². The number of nitrogens with one attached hydrogen (secondary N) is 1. The van der Waals surface area contributed by atoms with Gasteiger partial charge in [0.2, 0.25) is 0 Å². The SMILES string of the molecule is CCCCc1ncc(-c2nccn2[C@H](C)[C@@H](O)c2ccc(O)cc2)[nH]1. The van der Waals surface area contributed by atoms with Crippen LogP contribution in [-0.4, -0.2) is 29.7 Å². The number of unbranched alkanes of at least 4 members (excludes halogenated alkanes) is 1. The van der Waals surface area contributed by atoms with E-state index in [0.29, 0.717) is 0 Å². The summed E-state index contributed by atoms with van der Waals surface area (Å²) >= 11 is 0. The number of phenolic OH excluding ortho intramolecular Hbond substituents is 1. The van der Waals surface area contributed by atoms with E-state index in [-0.39, 0.29) is 11.8 Å². The molecule has 3 rings (SSSR count). The van der Waals surface area contributed by atoms with Crippen molar-refractivity contribution in [3.05, 3.63) is 54.2 Å². The van der Waals surface area contributed by atoms with Crippen LogP contribution in [0.5, 0.6) is 5.75 Å². The molecule has 0 saturated carbocycles. The van der Waals surface area contributed by atoms with Crippen LogP contribution in [0.2, 0.25) is 0 Å². The molecule has 6 nitrogen and oxygen atoms in total. The highest BCUT2D eigenvalue weighted by Crippen LogP contribution is 2.30. The van der Waals surface area contributed by atoms with Crippen LogP contribution in [0.25, 0.3) is 11.5 Å². The number of aliphatic hydroxyl groups is 1. The maximum absolute atomic E-state index is 10.7. The highest BCUT2D eigenvalue weighted by atomic mass is 16.3. The van der Waals surface area contributed by atoms with Crippen molar-refractivity contribution in [1.29, 1.82) is 0 Å². The number of aromatic nitrogens is 4. The number of aryl methyl sites for hydroxylation is 1. The molecular weight excluding hydrogens is 316 g/mol. The molecule has 1 aromatic carbocycles. The number of aromatic hydroxyl groups is 1. The molecule has 0 saturated heterocycles. The Hall–Kier alpha value is -2.60. The molecule has 0 radical (unpaired) electrons. The zero-order valence-electron chi connectivity index (χ0n) is 14.6. The average molecular weight is 340 g/mol. The molecule has 3 aromatic rings. The highest BCUT2D eigenvalue weighted by Gasteiger charge is 2.21. The largest absolute Gasteiger partial charge is 0.508 e. The molecule has 0 fully saturated rings. The van der Waals surface area contributed by atoms with E-state index in [1.807, 2.05) is 17.7 Å². The highest BCUT2D eigenvalue weighted by molar-refractivity contribution is 5.49. The Balaban J connectivity index is 1.82. The van der Waals surface area contributed by atoms with Crippen LogP contribution in [0.3, 0.4) is 0 Å². The van der Waals surface area contributed by atoms with Crippen LogP contribution < -0.4 is 0 Å². The molecule has 0 amide bonds. The first kappa shape index (κ1) is 17.2. The van der Waals surface area contributed by atoms with Crippen molar-refractivity contribution in [2.24, 2.45) is 0 Å². The van der Waals surface area contributed by atoms with Gasteiger partial charge in [-0.1, -0.05) is 25.5 Å². The zero-order valence-corrected chi connectivity index (χ0v) is 14.6. The molecule has 3 N–H and O–H groups in total. The maximum Gasteiger partial charge on any atom is 0.158 e. The first-order valence-corrected chi connectivity index (χ1v) is 8.64. The van der Waals surface area contributed by atoms with Crippen LogP contribution in [-0.2, 0) is 6.42 Å². The topological polar surface area (TPSA) is 87.0 Å². The lowest BCUT2D eigenvalue weighted by Crippen LogP contribution is -2.15. The Morgan fingerprint density at radius 1 is 1.20 bits per heavy atom. The first-order valence-electron chi connectivity index (χ1n) is 8.64. The third-order valence-electron chi connectivity index (χ3n) is 4.44. The summed E-state index contributed by atoms with van der Waals surface area (Å²) in [4.78, 5) is 12.2. The van der Waals surface area contributed by atoms with E-state index in [4.69, 9.17) is 0 Å². The molecule has 6 heteroatoms. The van der Waals surface area contributed by atoms with Gasteiger partial charge in [0.25, 0.3) is 0 Å². The number of aromatic amines is 1. The van der Waals surface area contributed by atoms with Gasteiger partial charge in [0.1, 0.15) is 17.3 Å². The third-order valence-corrected chi connectivity index (χ3v) is 4.44. The summed E-state index contributed by atoms with van der Waals surface area (Å²) in [7, 11) is 0. The number of imidazole rings is 2. The van der Waals surface area contributed by atoms with Gasteiger partial charge in [-0.05, 0) is 31.0 Å². The normalized spacial score (nSPS) is 13.7. The Morgan fingerprint density at radius 2 is 1.96 bits per heavy atom. The first-order chi connectivity index (χ1) is 12.1. The lowest BCUT2D eigenvalue weighted by molar-refractivity contribution is 0.122. The van der Waals surface area contributed by atoms with Gasteiger partial charge in [0, 0.05) is 18.8 Å². The fraction of sp³-hybridized carbons (Fsp3) is 0.368. The number of hydrogen-bond donors (Lipinski definition) is 3. The number of rotatable bonds is 7. The number of hydrogen-bond acceptors (Lipinski definition) is 4. The summed E-state index contributed by atoms with van der Waals surface area (Å²) in [6, 6.07) is 6.40. The lowest BCUT2D eigenvalue weighted by atomic mass is 10.0. The molecule has 0 aliphatic rings. The summed E-state index contributed by atoms with van der Waals surface area (Å²) in [5, 5.41) is 20.1. The second-order valence-corrected chi connectivity index (χ2v) is 6.28. The molecule has 2 heterocycles. The predicted molar refractivity (Wildman–Crippen MR) is 96.2 cm³/mol. The minimum absolute atomic E-state index is 0.184. The Morgan fingerprint density at radius 3 is 2.68 bits per heavy atom. The monoisotopic (exact) mass is 340 g/mol. The minimum Gasteiger partial charge on any atom is -0.508 e. The van der Waals surface area contributed by atoms with Crippen LogP contribution in [0.4, 0.5) is 0 Å². The van der Waals surface area contributed by atoms with Gasteiger partial charge < -0.3 is 19.8 Å². The Labute approximate surface area is 147 Å². The zero-order chi connectivity index (χ0) is 17.8. The predicted octanol–water partition coefficient (Wildman–Crippen LogP) is 3.62. The molecule has 0 bridgehead atoms. The van der Waals surface area contributed by atoms with Crippen LogP contribution in [0, 0.1) is 0 Å². The molecule has 25 heavy (non-hydrogen) atoms. The van der Waals surface area contributed by atoms with E-state index >= 15 is 0 Å². The van der Waals surface area contributed by atoms with Crippen LogP contribution >= 0.6 is 0 Å². The quantitative estimate of drug-likeness (QED) is 0.613. The smallest absolute Gasteiger partial charge is 0.158 e. The number of H-pyrrole nitrogens is 1. The number of benzene rings is 1. The fourth-order valence-corrected chi connectivity index (χ4v) is 2.90. The van der Waals surface area contributed by atoms with Crippen molar-refractivity contribution in [3.63, 3.8) is 0 Å². The molecular formula is C19H24N4O2. The summed E-state index contributed by atoms with van der Waals surface area (Å²) in [5.74, 6) is 1.89. The Bertz CT molecular complexity index is 807. The second-order valence-electron chi connectivity index (χ2n) is 6.28. The third kappa shape index (κ3) is 3.74. The van der Waals surface area contributed by atoms with Crippen LogP contribution in [0.15, 0.2) is 42.9 Å². The minimum atomic E-state index is -0.712. The summed E-state index contributed by atoms with van der Waals surface area (Å²) < 4.78 is 1.94. The van der Waals surface area contributed by atoms with Crippen molar-refractivity contribution in [1.82, 2.24) is 19.5 Å². The van der Waals surface area contributed by atoms with Gasteiger partial charge in [0.05, 0.1) is 18.3 Å². The lowest BCUT2D eigenvalue weighted by Gasteiger charge is -2.22. The molecule has 2 aromatic heterocycles. The van der Waals surface area contributed by atoms with Gasteiger partial charge in [-0.25, -0.2) is 9.97 Å². The molecule has 0 aliphatic carbocycles. The fourth-order valence-electron chi connectivity index (χ4n) is 2.90. The van der Waals surface area contributed by atoms with E-state index in [1.54, 1.807) is 36.7 Å². The molecule has 132 valence electrons. The Kier molecular flexibility index (Phi) is 5.19. The van der Waals surface area contributed by atoms with Gasteiger partial charge in [0.15, 0.2) is 5.82 Å². The second kappa shape index (κ2) is 7.53. The molecule has 0 aliphatic heterocycles. The van der Waals surface area contributed by atoms with Gasteiger partial charge >= 0.3 is 0 Å². The number of aliphatic hydroxyl groups excluding tert-OH is 1. The van der Waals surface area contributed by atoms with Crippen molar-refractivity contribution in [2.75, 3.05) is 0 Å². The molecule has 0 unspecified atom stereocenters. The summed E-state index contributed by atoms with van der Waals surface area (Å²) in [5.41, 5.74) is 1.60. The molecule has 0 spiro atoms. The van der Waals surface area contributed by atoms with E-state index in [9.17, 15) is 10.2 Å². The maximum atomic E-state index is 10.7. The average Bonchev–Trinajstić information content (AvgIpc) is 3.28. The number of phenols is 1. The van der Waals surface area contributed by atoms with Gasteiger partial charge in [-0.3, -0.25) is 0 Å². The summed E-state index contributed by atoms with van der Waals surface area (Å²) in [6.07, 6.45) is 7.80.